The molecule has 0 aliphatic heterocycles. The van der Waals surface area contributed by atoms with Gasteiger partial charge in [-0.1, -0.05) is 13.0 Å². The second-order valence-electron chi connectivity index (χ2n) is 4.51. The van der Waals surface area contributed by atoms with Gasteiger partial charge in [0.2, 0.25) is 5.91 Å². The summed E-state index contributed by atoms with van der Waals surface area (Å²) in [6.07, 6.45) is 3.36. The van der Waals surface area contributed by atoms with Gasteiger partial charge in [-0.3, -0.25) is 4.79 Å². The van der Waals surface area contributed by atoms with E-state index in [-0.39, 0.29) is 23.3 Å². The summed E-state index contributed by atoms with van der Waals surface area (Å²) in [6, 6.07) is 6.13. The van der Waals surface area contributed by atoms with Gasteiger partial charge in [0.15, 0.2) is 11.5 Å². The first-order chi connectivity index (χ1) is 9.56. The van der Waals surface area contributed by atoms with Crippen LogP contribution in [-0.2, 0) is 11.2 Å². The van der Waals surface area contributed by atoms with Gasteiger partial charge < -0.3 is 15.5 Å². The third-order valence-electron chi connectivity index (χ3n) is 2.86. The maximum atomic E-state index is 12.0. The fraction of sp³-hybridized carbons (Fsp3) is 0.214. The second kappa shape index (κ2) is 6.01. The number of anilines is 1. The molecule has 0 radical (unpaired) electrons. The molecule has 1 heterocycles. The highest BCUT2D eigenvalue weighted by atomic mass is 16.3. The van der Waals surface area contributed by atoms with E-state index in [9.17, 15) is 15.0 Å². The van der Waals surface area contributed by atoms with E-state index in [0.717, 1.165) is 5.56 Å². The van der Waals surface area contributed by atoms with Crippen molar-refractivity contribution in [2.75, 3.05) is 5.32 Å². The molecule has 0 spiro atoms. The maximum Gasteiger partial charge on any atom is 0.228 e. The number of hydrogen-bond donors (Lipinski definition) is 3. The quantitative estimate of drug-likeness (QED) is 0.737. The van der Waals surface area contributed by atoms with Gasteiger partial charge in [-0.2, -0.15) is 0 Å². The van der Waals surface area contributed by atoms with Crippen molar-refractivity contribution >= 4 is 11.7 Å². The summed E-state index contributed by atoms with van der Waals surface area (Å²) in [4.78, 5) is 19.7. The molecule has 6 heteroatoms. The molecule has 20 heavy (non-hydrogen) atoms. The predicted octanol–water partition coefficient (Wildman–Crippen LogP) is 1.71. The number of nitrogens with one attached hydrogen (secondary N) is 1. The molecule has 1 aromatic heterocycles. The minimum Gasteiger partial charge on any atom is -0.504 e. The van der Waals surface area contributed by atoms with Crippen molar-refractivity contribution in [3.05, 3.63) is 42.4 Å². The Morgan fingerprint density at radius 3 is 2.75 bits per heavy atom. The Hall–Kier alpha value is -2.63. The van der Waals surface area contributed by atoms with Crippen molar-refractivity contribution in [2.24, 2.45) is 5.92 Å². The Bertz CT molecular complexity index is 602. The molecule has 0 saturated carbocycles. The number of aromatic hydroxyl groups is 2. The summed E-state index contributed by atoms with van der Waals surface area (Å²) in [5, 5.41) is 21.3. The minimum absolute atomic E-state index is 0.170. The molecule has 2 aromatic rings. The molecule has 104 valence electrons. The van der Waals surface area contributed by atoms with Gasteiger partial charge in [0.1, 0.15) is 12.1 Å². The predicted molar refractivity (Wildman–Crippen MR) is 73.3 cm³/mol. The van der Waals surface area contributed by atoms with Crippen LogP contribution in [0.2, 0.25) is 0 Å². The van der Waals surface area contributed by atoms with Crippen LogP contribution in [0, 0.1) is 5.92 Å². The molecule has 1 aromatic carbocycles. The third-order valence-corrected chi connectivity index (χ3v) is 2.86. The van der Waals surface area contributed by atoms with Gasteiger partial charge in [0.05, 0.1) is 0 Å². The van der Waals surface area contributed by atoms with E-state index in [2.05, 4.69) is 15.3 Å². The zero-order valence-electron chi connectivity index (χ0n) is 10.9. The minimum atomic E-state index is -0.297. The lowest BCUT2D eigenvalue weighted by molar-refractivity contribution is -0.119. The third kappa shape index (κ3) is 3.44. The molecule has 2 rings (SSSR count). The van der Waals surface area contributed by atoms with Crippen LogP contribution in [0.1, 0.15) is 12.5 Å². The van der Waals surface area contributed by atoms with Crippen LogP contribution in [0.3, 0.4) is 0 Å². The molecule has 0 fully saturated rings. The molecule has 3 N–H and O–H groups in total. The molecular formula is C14H15N3O3. The number of phenols is 2. The second-order valence-corrected chi connectivity index (χ2v) is 4.51. The van der Waals surface area contributed by atoms with E-state index in [1.165, 1.54) is 18.5 Å². The summed E-state index contributed by atoms with van der Waals surface area (Å²) < 4.78 is 0. The van der Waals surface area contributed by atoms with E-state index >= 15 is 0 Å². The zero-order chi connectivity index (χ0) is 14.5. The highest BCUT2D eigenvalue weighted by Gasteiger charge is 2.15. The van der Waals surface area contributed by atoms with Crippen molar-refractivity contribution in [2.45, 2.75) is 13.3 Å². The first kappa shape index (κ1) is 13.8. The topological polar surface area (TPSA) is 95.3 Å². The summed E-state index contributed by atoms with van der Waals surface area (Å²) in [6.45, 7) is 1.78. The maximum absolute atomic E-state index is 12.0. The highest BCUT2D eigenvalue weighted by Crippen LogP contribution is 2.26. The number of carbonyl (C=O) groups is 1. The molecule has 0 bridgehead atoms. The first-order valence-corrected chi connectivity index (χ1v) is 6.14. The number of rotatable bonds is 4. The Kier molecular flexibility index (Phi) is 4.14. The van der Waals surface area contributed by atoms with Crippen molar-refractivity contribution < 1.29 is 15.0 Å². The van der Waals surface area contributed by atoms with Crippen LogP contribution in [0.4, 0.5) is 5.82 Å². The molecule has 0 aliphatic carbocycles. The Morgan fingerprint density at radius 1 is 1.30 bits per heavy atom. The number of benzene rings is 1. The fourth-order valence-corrected chi connectivity index (χ4v) is 1.76. The average molecular weight is 273 g/mol. The molecule has 6 nitrogen and oxygen atoms in total. The number of carbonyl (C=O) groups excluding carboxylic acids is 1. The van der Waals surface area contributed by atoms with E-state index in [0.29, 0.717) is 12.2 Å². The summed E-state index contributed by atoms with van der Waals surface area (Å²) in [5.41, 5.74) is 0.769. The van der Waals surface area contributed by atoms with E-state index in [4.69, 9.17) is 0 Å². The monoisotopic (exact) mass is 273 g/mol. The zero-order valence-corrected chi connectivity index (χ0v) is 10.9. The van der Waals surface area contributed by atoms with Crippen molar-refractivity contribution in [3.63, 3.8) is 0 Å². The van der Waals surface area contributed by atoms with Crippen molar-refractivity contribution in [1.82, 2.24) is 9.97 Å². The standard InChI is InChI=1S/C14H15N3O3/c1-9(6-10-2-3-11(18)12(19)7-10)14(20)17-13-4-5-15-8-16-13/h2-5,7-9,18-19H,6H2,1H3,(H,15,16,17,20). The smallest absolute Gasteiger partial charge is 0.228 e. The molecule has 0 saturated heterocycles. The largest absolute Gasteiger partial charge is 0.504 e. The molecule has 1 unspecified atom stereocenters. The lowest BCUT2D eigenvalue weighted by atomic mass is 10.00. The fourth-order valence-electron chi connectivity index (χ4n) is 1.76. The van der Waals surface area contributed by atoms with Crippen molar-refractivity contribution in [1.29, 1.82) is 0 Å². The molecule has 1 amide bonds. The Balaban J connectivity index is 1.98. The number of amides is 1. The van der Waals surface area contributed by atoms with E-state index in [1.807, 2.05) is 0 Å². The van der Waals surface area contributed by atoms with Crippen LogP contribution >= 0.6 is 0 Å². The Morgan fingerprint density at radius 2 is 2.10 bits per heavy atom. The van der Waals surface area contributed by atoms with Gasteiger partial charge in [0, 0.05) is 12.1 Å². The summed E-state index contributed by atoms with van der Waals surface area (Å²) in [5.74, 6) is -0.381. The van der Waals surface area contributed by atoms with Crippen LogP contribution in [0.5, 0.6) is 11.5 Å². The lowest BCUT2D eigenvalue weighted by Gasteiger charge is -2.12. The van der Waals surface area contributed by atoms with E-state index in [1.54, 1.807) is 25.3 Å². The number of hydrogen-bond acceptors (Lipinski definition) is 5. The van der Waals surface area contributed by atoms with Gasteiger partial charge in [-0.15, -0.1) is 0 Å². The Labute approximate surface area is 116 Å². The van der Waals surface area contributed by atoms with Gasteiger partial charge in [0.25, 0.3) is 0 Å². The highest BCUT2D eigenvalue weighted by molar-refractivity contribution is 5.91. The number of nitrogens with zero attached hydrogens (tertiary/aromatic N) is 2. The number of phenolic OH excluding ortho intramolecular Hbond substituents is 2. The molecule has 0 aliphatic rings. The normalized spacial score (nSPS) is 11.8. The lowest BCUT2D eigenvalue weighted by Crippen LogP contribution is -2.22. The molecule has 1 atom stereocenters. The van der Waals surface area contributed by atoms with Gasteiger partial charge >= 0.3 is 0 Å². The van der Waals surface area contributed by atoms with Crippen LogP contribution in [0.25, 0.3) is 0 Å². The first-order valence-electron chi connectivity index (χ1n) is 6.14. The van der Waals surface area contributed by atoms with Crippen molar-refractivity contribution in [3.8, 4) is 11.5 Å². The van der Waals surface area contributed by atoms with E-state index < -0.39 is 0 Å². The summed E-state index contributed by atoms with van der Waals surface area (Å²) in [7, 11) is 0. The number of aromatic nitrogens is 2. The van der Waals surface area contributed by atoms with Crippen LogP contribution in [-0.4, -0.2) is 26.1 Å². The van der Waals surface area contributed by atoms with Crippen LogP contribution in [0.15, 0.2) is 36.8 Å². The van der Waals surface area contributed by atoms with Gasteiger partial charge in [-0.25, -0.2) is 9.97 Å². The molecular weight excluding hydrogens is 258 g/mol. The van der Waals surface area contributed by atoms with Crippen LogP contribution < -0.4 is 5.32 Å². The SMILES string of the molecule is CC(Cc1ccc(O)c(O)c1)C(=O)Nc1ccncn1. The summed E-state index contributed by atoms with van der Waals surface area (Å²) >= 11 is 0. The van der Waals surface area contributed by atoms with Gasteiger partial charge in [-0.05, 0) is 30.2 Å². The average Bonchev–Trinajstić information content (AvgIpc) is 2.44.